The lowest BCUT2D eigenvalue weighted by molar-refractivity contribution is -0.143. The van der Waals surface area contributed by atoms with Gasteiger partial charge in [-0.25, -0.2) is 4.79 Å². The molecule has 62 valence electrons. The topological polar surface area (TPSA) is 38.8 Å². The second-order valence-corrected chi connectivity index (χ2v) is 2.64. The van der Waals surface area contributed by atoms with Crippen LogP contribution in [0.1, 0.15) is 20.3 Å². The molecule has 0 aromatic carbocycles. The van der Waals surface area contributed by atoms with Gasteiger partial charge in [0.25, 0.3) is 0 Å². The number of rotatable bonds is 3. The van der Waals surface area contributed by atoms with Gasteiger partial charge in [-0.05, 0) is 13.3 Å². The predicted octanol–water partition coefficient (Wildman–Crippen LogP) is 1.24. The van der Waals surface area contributed by atoms with Crippen LogP contribution in [0.4, 0.5) is 0 Å². The van der Waals surface area contributed by atoms with E-state index in [1.54, 1.807) is 6.92 Å². The number of carbonyl (C=O) groups excluding carboxylic acids is 1. The second kappa shape index (κ2) is 3.05. The van der Waals surface area contributed by atoms with Gasteiger partial charge in [0, 0.05) is 5.57 Å². The van der Waals surface area contributed by atoms with E-state index in [0.29, 0.717) is 5.57 Å². The molecule has 1 aliphatic heterocycles. The van der Waals surface area contributed by atoms with Gasteiger partial charge in [-0.2, -0.15) is 0 Å². The minimum Gasteiger partial charge on any atom is -0.429 e. The summed E-state index contributed by atoms with van der Waals surface area (Å²) in [5.74, 6) is -0.369. The molecule has 3 nitrogen and oxygen atoms in total. The van der Waals surface area contributed by atoms with E-state index in [4.69, 9.17) is 9.47 Å². The van der Waals surface area contributed by atoms with Crippen molar-refractivity contribution in [2.75, 3.05) is 0 Å². The van der Waals surface area contributed by atoms with Gasteiger partial charge in [-0.15, -0.1) is 0 Å². The van der Waals surface area contributed by atoms with Crippen LogP contribution < -0.4 is 0 Å². The molecule has 1 fully saturated rings. The fraction of sp³-hybridized carbons (Fsp3) is 0.625. The van der Waals surface area contributed by atoms with Crippen LogP contribution in [-0.4, -0.2) is 18.4 Å². The van der Waals surface area contributed by atoms with Crippen molar-refractivity contribution in [3.05, 3.63) is 12.2 Å². The van der Waals surface area contributed by atoms with Crippen molar-refractivity contribution >= 4 is 5.97 Å². The molecule has 0 bridgehead atoms. The van der Waals surface area contributed by atoms with E-state index in [0.717, 1.165) is 6.42 Å². The summed E-state index contributed by atoms with van der Waals surface area (Å²) in [7, 11) is 0. The SMILES string of the molecule is C=C(C)C(=O)OC1OC1CC. The normalized spacial score (nSPS) is 27.8. The highest BCUT2D eigenvalue weighted by molar-refractivity contribution is 5.87. The maximum absolute atomic E-state index is 10.9. The van der Waals surface area contributed by atoms with Gasteiger partial charge in [-0.3, -0.25) is 0 Å². The van der Waals surface area contributed by atoms with Crippen molar-refractivity contribution in [1.82, 2.24) is 0 Å². The highest BCUT2D eigenvalue weighted by Crippen LogP contribution is 2.26. The largest absolute Gasteiger partial charge is 0.429 e. The lowest BCUT2D eigenvalue weighted by Gasteiger charge is -1.97. The zero-order valence-electron chi connectivity index (χ0n) is 6.79. The van der Waals surface area contributed by atoms with E-state index in [9.17, 15) is 4.79 Å². The Kier molecular flexibility index (Phi) is 2.29. The molecule has 0 radical (unpaired) electrons. The van der Waals surface area contributed by atoms with Gasteiger partial charge < -0.3 is 9.47 Å². The standard InChI is InChI=1S/C8H12O3/c1-4-6-8(10-6)11-7(9)5(2)3/h6,8H,2,4H2,1,3H3. The second-order valence-electron chi connectivity index (χ2n) is 2.64. The van der Waals surface area contributed by atoms with Crippen LogP contribution in [0.15, 0.2) is 12.2 Å². The molecule has 1 heterocycles. The Morgan fingerprint density at radius 3 is 2.73 bits per heavy atom. The zero-order valence-corrected chi connectivity index (χ0v) is 6.79. The van der Waals surface area contributed by atoms with E-state index < -0.39 is 0 Å². The van der Waals surface area contributed by atoms with Gasteiger partial charge in [0.1, 0.15) is 6.10 Å². The predicted molar refractivity (Wildman–Crippen MR) is 39.9 cm³/mol. The Morgan fingerprint density at radius 2 is 2.36 bits per heavy atom. The molecule has 3 heteroatoms. The zero-order chi connectivity index (χ0) is 8.43. The monoisotopic (exact) mass is 156 g/mol. The lowest BCUT2D eigenvalue weighted by atomic mass is 10.3. The molecule has 0 spiro atoms. The Labute approximate surface area is 66.0 Å². The summed E-state index contributed by atoms with van der Waals surface area (Å²) in [5, 5.41) is 0. The van der Waals surface area contributed by atoms with Crippen molar-refractivity contribution < 1.29 is 14.3 Å². The lowest BCUT2D eigenvalue weighted by Crippen LogP contribution is -2.09. The number of hydrogen-bond acceptors (Lipinski definition) is 3. The van der Waals surface area contributed by atoms with Crippen molar-refractivity contribution in [1.29, 1.82) is 0 Å². The highest BCUT2D eigenvalue weighted by atomic mass is 16.8. The number of hydrogen-bond donors (Lipinski definition) is 0. The minimum absolute atomic E-state index is 0.110. The Balaban J connectivity index is 2.23. The number of esters is 1. The summed E-state index contributed by atoms with van der Waals surface area (Å²) in [6.45, 7) is 7.06. The molecule has 0 saturated carbocycles. The molecular weight excluding hydrogens is 144 g/mol. The quantitative estimate of drug-likeness (QED) is 0.350. The minimum atomic E-state index is -0.369. The van der Waals surface area contributed by atoms with E-state index in [2.05, 4.69) is 6.58 Å². The van der Waals surface area contributed by atoms with Crippen molar-refractivity contribution in [2.24, 2.45) is 0 Å². The van der Waals surface area contributed by atoms with Gasteiger partial charge in [0.2, 0.25) is 6.29 Å². The maximum Gasteiger partial charge on any atom is 0.335 e. The van der Waals surface area contributed by atoms with Gasteiger partial charge in [-0.1, -0.05) is 13.5 Å². The molecule has 1 saturated heterocycles. The third-order valence-electron chi connectivity index (χ3n) is 1.51. The summed E-state index contributed by atoms with van der Waals surface area (Å²) in [4.78, 5) is 10.9. The number of ether oxygens (including phenoxy) is 2. The summed E-state index contributed by atoms with van der Waals surface area (Å²) >= 11 is 0. The first-order valence-corrected chi connectivity index (χ1v) is 3.67. The van der Waals surface area contributed by atoms with E-state index in [1.807, 2.05) is 6.92 Å². The molecule has 0 aromatic heterocycles. The summed E-state index contributed by atoms with van der Waals surface area (Å²) < 4.78 is 9.87. The van der Waals surface area contributed by atoms with E-state index >= 15 is 0 Å². The molecule has 2 unspecified atom stereocenters. The van der Waals surface area contributed by atoms with Gasteiger partial charge >= 0.3 is 5.97 Å². The molecule has 2 atom stereocenters. The average molecular weight is 156 g/mol. The molecule has 1 rings (SSSR count). The first kappa shape index (κ1) is 8.27. The summed E-state index contributed by atoms with van der Waals surface area (Å²) in [5.41, 5.74) is 0.412. The summed E-state index contributed by atoms with van der Waals surface area (Å²) in [6, 6.07) is 0. The fourth-order valence-corrected chi connectivity index (χ4v) is 0.725. The van der Waals surface area contributed by atoms with Crippen LogP contribution in [0.2, 0.25) is 0 Å². The Bertz CT molecular complexity index is 186. The first-order valence-electron chi connectivity index (χ1n) is 3.67. The van der Waals surface area contributed by atoms with Gasteiger partial charge in [0.05, 0.1) is 0 Å². The first-order chi connectivity index (χ1) is 5.15. The molecule has 0 N–H and O–H groups in total. The molecule has 0 amide bonds. The van der Waals surface area contributed by atoms with E-state index in [-0.39, 0.29) is 18.4 Å². The van der Waals surface area contributed by atoms with Crippen LogP contribution in [-0.2, 0) is 14.3 Å². The van der Waals surface area contributed by atoms with Crippen LogP contribution in [0, 0.1) is 0 Å². The smallest absolute Gasteiger partial charge is 0.335 e. The maximum atomic E-state index is 10.9. The molecule has 1 aliphatic rings. The van der Waals surface area contributed by atoms with Crippen LogP contribution in [0.3, 0.4) is 0 Å². The Morgan fingerprint density at radius 1 is 1.73 bits per heavy atom. The number of epoxide rings is 1. The molecule has 11 heavy (non-hydrogen) atoms. The van der Waals surface area contributed by atoms with Crippen LogP contribution in [0.25, 0.3) is 0 Å². The van der Waals surface area contributed by atoms with Crippen molar-refractivity contribution in [2.45, 2.75) is 32.7 Å². The molecule has 0 aromatic rings. The highest BCUT2D eigenvalue weighted by Gasteiger charge is 2.40. The fourth-order valence-electron chi connectivity index (χ4n) is 0.725. The van der Waals surface area contributed by atoms with Gasteiger partial charge in [0.15, 0.2) is 0 Å². The molecular formula is C8H12O3. The summed E-state index contributed by atoms with van der Waals surface area (Å²) in [6.07, 6.45) is 0.677. The van der Waals surface area contributed by atoms with Crippen molar-refractivity contribution in [3.8, 4) is 0 Å². The average Bonchev–Trinajstić information content (AvgIpc) is 2.67. The van der Waals surface area contributed by atoms with Crippen LogP contribution in [0.5, 0.6) is 0 Å². The van der Waals surface area contributed by atoms with Crippen molar-refractivity contribution in [3.63, 3.8) is 0 Å². The third-order valence-corrected chi connectivity index (χ3v) is 1.51. The van der Waals surface area contributed by atoms with E-state index in [1.165, 1.54) is 0 Å². The Hall–Kier alpha value is -0.830. The molecule has 0 aliphatic carbocycles. The number of carbonyl (C=O) groups is 1. The van der Waals surface area contributed by atoms with Crippen LogP contribution >= 0.6 is 0 Å². The third kappa shape index (κ3) is 2.05.